The van der Waals surface area contributed by atoms with E-state index in [4.69, 9.17) is 9.47 Å². The van der Waals surface area contributed by atoms with Crippen molar-refractivity contribution in [3.8, 4) is 5.75 Å². The Labute approximate surface area is 156 Å². The van der Waals surface area contributed by atoms with Gasteiger partial charge >= 0.3 is 0 Å². The molecule has 1 aliphatic rings. The first-order chi connectivity index (χ1) is 12.2. The van der Waals surface area contributed by atoms with Gasteiger partial charge in [0.05, 0.1) is 6.10 Å². The van der Waals surface area contributed by atoms with Crippen LogP contribution in [0.4, 0.5) is 5.69 Å². The van der Waals surface area contributed by atoms with Gasteiger partial charge in [-0.25, -0.2) is 0 Å². The SMILES string of the molecule is O=C(/C=C/c1ccccc1Br)Nc1cccc(OCC2CCCO2)c1. The number of hydrogen-bond acceptors (Lipinski definition) is 3. The highest BCUT2D eigenvalue weighted by molar-refractivity contribution is 9.10. The lowest BCUT2D eigenvalue weighted by molar-refractivity contribution is -0.111. The van der Waals surface area contributed by atoms with Gasteiger partial charge < -0.3 is 14.8 Å². The minimum absolute atomic E-state index is 0.172. The maximum absolute atomic E-state index is 12.1. The molecule has 2 aromatic carbocycles. The van der Waals surface area contributed by atoms with Crippen LogP contribution in [-0.4, -0.2) is 25.2 Å². The van der Waals surface area contributed by atoms with Crippen LogP contribution >= 0.6 is 15.9 Å². The second-order valence-corrected chi connectivity index (χ2v) is 6.67. The van der Waals surface area contributed by atoms with Gasteiger partial charge in [-0.1, -0.05) is 40.2 Å². The Morgan fingerprint density at radius 2 is 2.16 bits per heavy atom. The zero-order chi connectivity index (χ0) is 17.5. The molecule has 2 aromatic rings. The molecule has 0 bridgehead atoms. The molecular formula is C20H20BrNO3. The molecule has 1 amide bonds. The van der Waals surface area contributed by atoms with Crippen molar-refractivity contribution in [3.63, 3.8) is 0 Å². The molecule has 1 fully saturated rings. The lowest BCUT2D eigenvalue weighted by atomic mass is 10.2. The molecule has 0 aromatic heterocycles. The molecule has 1 aliphatic heterocycles. The molecule has 130 valence electrons. The van der Waals surface area contributed by atoms with Gasteiger partial charge in [-0.3, -0.25) is 4.79 Å². The summed E-state index contributed by atoms with van der Waals surface area (Å²) in [6, 6.07) is 15.1. The third kappa shape index (κ3) is 5.44. The molecule has 25 heavy (non-hydrogen) atoms. The first kappa shape index (κ1) is 17.7. The van der Waals surface area contributed by atoms with Gasteiger partial charge in [0.2, 0.25) is 5.91 Å². The van der Waals surface area contributed by atoms with Crippen molar-refractivity contribution in [2.75, 3.05) is 18.5 Å². The van der Waals surface area contributed by atoms with E-state index >= 15 is 0 Å². The monoisotopic (exact) mass is 401 g/mol. The molecule has 3 rings (SSSR count). The molecule has 5 heteroatoms. The number of amides is 1. The Hall–Kier alpha value is -2.11. The van der Waals surface area contributed by atoms with Crippen LogP contribution in [0, 0.1) is 0 Å². The Morgan fingerprint density at radius 3 is 2.96 bits per heavy atom. The van der Waals surface area contributed by atoms with Crippen molar-refractivity contribution >= 4 is 33.6 Å². The maximum Gasteiger partial charge on any atom is 0.248 e. The van der Waals surface area contributed by atoms with Crippen LogP contribution in [0.15, 0.2) is 59.1 Å². The fourth-order valence-electron chi connectivity index (χ4n) is 2.59. The molecule has 0 radical (unpaired) electrons. The van der Waals surface area contributed by atoms with Crippen LogP contribution < -0.4 is 10.1 Å². The molecule has 4 nitrogen and oxygen atoms in total. The number of halogens is 1. The normalized spacial score (nSPS) is 16.9. The average molecular weight is 402 g/mol. The number of carbonyl (C=O) groups excluding carboxylic acids is 1. The van der Waals surface area contributed by atoms with Crippen LogP contribution in [0.3, 0.4) is 0 Å². The van der Waals surface area contributed by atoms with E-state index in [0.29, 0.717) is 12.3 Å². The summed E-state index contributed by atoms with van der Waals surface area (Å²) in [5, 5.41) is 2.85. The quantitative estimate of drug-likeness (QED) is 0.715. The van der Waals surface area contributed by atoms with Crippen LogP contribution in [-0.2, 0) is 9.53 Å². The first-order valence-corrected chi connectivity index (χ1v) is 9.08. The van der Waals surface area contributed by atoms with Crippen LogP contribution in [0.5, 0.6) is 5.75 Å². The van der Waals surface area contributed by atoms with Gasteiger partial charge in [-0.15, -0.1) is 0 Å². The molecule has 0 aliphatic carbocycles. The van der Waals surface area contributed by atoms with E-state index in [-0.39, 0.29) is 12.0 Å². The number of carbonyl (C=O) groups is 1. The van der Waals surface area contributed by atoms with E-state index in [2.05, 4.69) is 21.2 Å². The van der Waals surface area contributed by atoms with Crippen molar-refractivity contribution < 1.29 is 14.3 Å². The number of ether oxygens (including phenoxy) is 2. The van der Waals surface area contributed by atoms with Crippen molar-refractivity contribution in [1.82, 2.24) is 0 Å². The van der Waals surface area contributed by atoms with Crippen LogP contribution in [0.2, 0.25) is 0 Å². The summed E-state index contributed by atoms with van der Waals surface area (Å²) >= 11 is 3.46. The van der Waals surface area contributed by atoms with Gasteiger partial charge in [-0.2, -0.15) is 0 Å². The summed E-state index contributed by atoms with van der Waals surface area (Å²) < 4.78 is 12.2. The third-order valence-electron chi connectivity index (χ3n) is 3.88. The molecule has 1 atom stereocenters. The Balaban J connectivity index is 1.55. The Kier molecular flexibility index (Phi) is 6.25. The Bertz CT molecular complexity index is 754. The van der Waals surface area contributed by atoms with Gasteiger partial charge in [0.15, 0.2) is 0 Å². The molecule has 1 heterocycles. The lowest BCUT2D eigenvalue weighted by Crippen LogP contribution is -2.16. The zero-order valence-electron chi connectivity index (χ0n) is 13.8. The fourth-order valence-corrected chi connectivity index (χ4v) is 3.01. The lowest BCUT2D eigenvalue weighted by Gasteiger charge is -2.12. The molecule has 0 spiro atoms. The highest BCUT2D eigenvalue weighted by Crippen LogP contribution is 2.20. The van der Waals surface area contributed by atoms with Gasteiger partial charge in [0, 0.05) is 28.9 Å². The minimum Gasteiger partial charge on any atom is -0.491 e. The average Bonchev–Trinajstić information content (AvgIpc) is 3.13. The van der Waals surface area contributed by atoms with Crippen molar-refractivity contribution in [1.29, 1.82) is 0 Å². The first-order valence-electron chi connectivity index (χ1n) is 8.29. The second kappa shape index (κ2) is 8.83. The van der Waals surface area contributed by atoms with Crippen LogP contribution in [0.1, 0.15) is 18.4 Å². The topological polar surface area (TPSA) is 47.6 Å². The summed E-state index contributed by atoms with van der Waals surface area (Å²) in [5.41, 5.74) is 1.65. The number of benzene rings is 2. The second-order valence-electron chi connectivity index (χ2n) is 5.82. The van der Waals surface area contributed by atoms with Gasteiger partial charge in [0.25, 0.3) is 0 Å². The number of rotatable bonds is 6. The van der Waals surface area contributed by atoms with Crippen molar-refractivity contribution in [3.05, 3.63) is 64.6 Å². The van der Waals surface area contributed by atoms with Gasteiger partial charge in [0.1, 0.15) is 12.4 Å². The maximum atomic E-state index is 12.1. The minimum atomic E-state index is -0.188. The smallest absolute Gasteiger partial charge is 0.248 e. The van der Waals surface area contributed by atoms with E-state index in [1.165, 1.54) is 6.08 Å². The van der Waals surface area contributed by atoms with E-state index in [1.807, 2.05) is 48.5 Å². The molecule has 1 unspecified atom stereocenters. The number of anilines is 1. The third-order valence-corrected chi connectivity index (χ3v) is 4.60. The number of nitrogens with one attached hydrogen (secondary N) is 1. The van der Waals surface area contributed by atoms with Crippen molar-refractivity contribution in [2.24, 2.45) is 0 Å². The Morgan fingerprint density at radius 1 is 1.28 bits per heavy atom. The van der Waals surface area contributed by atoms with E-state index in [9.17, 15) is 4.79 Å². The van der Waals surface area contributed by atoms with E-state index < -0.39 is 0 Å². The fraction of sp³-hybridized carbons (Fsp3) is 0.250. The standard InChI is InChI=1S/C20H20BrNO3/c21-19-9-2-1-5-15(19)10-11-20(23)22-16-6-3-7-17(13-16)25-14-18-8-4-12-24-18/h1-3,5-7,9-11,13,18H,4,8,12,14H2,(H,22,23)/b11-10+. The highest BCUT2D eigenvalue weighted by Gasteiger charge is 2.16. The largest absolute Gasteiger partial charge is 0.491 e. The predicted octanol–water partition coefficient (Wildman–Crippen LogP) is 4.66. The molecule has 0 saturated carbocycles. The summed E-state index contributed by atoms with van der Waals surface area (Å²) in [4.78, 5) is 12.1. The predicted molar refractivity (Wildman–Crippen MR) is 103 cm³/mol. The van der Waals surface area contributed by atoms with Crippen molar-refractivity contribution in [2.45, 2.75) is 18.9 Å². The highest BCUT2D eigenvalue weighted by atomic mass is 79.9. The summed E-state index contributed by atoms with van der Waals surface area (Å²) in [7, 11) is 0. The van der Waals surface area contributed by atoms with Gasteiger partial charge in [-0.05, 0) is 42.7 Å². The van der Waals surface area contributed by atoms with E-state index in [0.717, 1.165) is 35.2 Å². The summed E-state index contributed by atoms with van der Waals surface area (Å²) in [6.07, 6.45) is 5.59. The molecule has 1 N–H and O–H groups in total. The van der Waals surface area contributed by atoms with Crippen LogP contribution in [0.25, 0.3) is 6.08 Å². The molecular weight excluding hydrogens is 382 g/mol. The van der Waals surface area contributed by atoms with E-state index in [1.54, 1.807) is 6.08 Å². The number of hydrogen-bond donors (Lipinski definition) is 1. The molecule has 1 saturated heterocycles. The zero-order valence-corrected chi connectivity index (χ0v) is 15.4. The summed E-state index contributed by atoms with van der Waals surface area (Å²) in [5.74, 6) is 0.537. The summed E-state index contributed by atoms with van der Waals surface area (Å²) in [6.45, 7) is 1.35.